The molecule has 2 aliphatic rings. The lowest BCUT2D eigenvalue weighted by Gasteiger charge is -2.56. The molecule has 30 heavy (non-hydrogen) atoms. The minimum absolute atomic E-state index is 0.0120. The largest absolute Gasteiger partial charge is 0.496 e. The topological polar surface area (TPSA) is 56.2 Å². The summed E-state index contributed by atoms with van der Waals surface area (Å²) in [4.78, 5) is 20.0. The van der Waals surface area contributed by atoms with Crippen LogP contribution in [-0.2, 0) is 6.54 Å². The van der Waals surface area contributed by atoms with Crippen molar-refractivity contribution in [3.63, 3.8) is 0 Å². The molecular formula is C24H31N3O3. The fourth-order valence-electron chi connectivity index (χ4n) is 4.94. The number of benzene rings is 2. The van der Waals surface area contributed by atoms with Crippen LogP contribution in [0, 0.1) is 0 Å². The van der Waals surface area contributed by atoms with Crippen LogP contribution in [0.15, 0.2) is 54.6 Å². The Morgan fingerprint density at radius 2 is 1.83 bits per heavy atom. The number of para-hydroxylation sites is 1. The number of carbonyl (C=O) groups is 1. The van der Waals surface area contributed by atoms with E-state index in [1.54, 1.807) is 7.11 Å². The number of ether oxygens (including phenoxy) is 1. The van der Waals surface area contributed by atoms with E-state index < -0.39 is 0 Å². The molecule has 0 saturated carbocycles. The van der Waals surface area contributed by atoms with Gasteiger partial charge >= 0.3 is 0 Å². The van der Waals surface area contributed by atoms with E-state index in [-0.39, 0.29) is 24.1 Å². The average Bonchev–Trinajstić information content (AvgIpc) is 2.79. The van der Waals surface area contributed by atoms with Crippen molar-refractivity contribution in [1.29, 1.82) is 0 Å². The molecule has 6 heteroatoms. The minimum Gasteiger partial charge on any atom is -0.496 e. The molecule has 2 saturated heterocycles. The summed E-state index contributed by atoms with van der Waals surface area (Å²) in [5.74, 6) is 0.623. The zero-order valence-corrected chi connectivity index (χ0v) is 17.8. The van der Waals surface area contributed by atoms with E-state index in [1.165, 1.54) is 5.56 Å². The van der Waals surface area contributed by atoms with Crippen LogP contribution in [0.4, 0.5) is 0 Å². The van der Waals surface area contributed by atoms with Gasteiger partial charge in [-0.25, -0.2) is 0 Å². The molecule has 2 aliphatic heterocycles. The number of hydrogen-bond acceptors (Lipinski definition) is 5. The molecule has 0 aromatic heterocycles. The predicted octanol–water partition coefficient (Wildman–Crippen LogP) is 2.09. The molecule has 0 spiro atoms. The highest BCUT2D eigenvalue weighted by molar-refractivity contribution is 5.97. The van der Waals surface area contributed by atoms with E-state index in [4.69, 9.17) is 4.74 Å². The van der Waals surface area contributed by atoms with Gasteiger partial charge in [-0.1, -0.05) is 42.5 Å². The lowest BCUT2D eigenvalue weighted by molar-refractivity contribution is -0.0889. The van der Waals surface area contributed by atoms with Crippen molar-refractivity contribution >= 4 is 5.91 Å². The number of carbonyl (C=O) groups excluding carboxylic acids is 1. The number of methoxy groups -OCH3 is 1. The smallest absolute Gasteiger partial charge is 0.257 e. The molecule has 0 radical (unpaired) electrons. The summed E-state index contributed by atoms with van der Waals surface area (Å²) in [6, 6.07) is 18.0. The maximum atomic E-state index is 13.2. The van der Waals surface area contributed by atoms with Gasteiger partial charge in [-0.2, -0.15) is 0 Å². The van der Waals surface area contributed by atoms with Gasteiger partial charge in [0.25, 0.3) is 5.91 Å². The number of rotatable bonds is 5. The number of amides is 1. The Labute approximate surface area is 178 Å². The van der Waals surface area contributed by atoms with Gasteiger partial charge in [0.05, 0.1) is 24.8 Å². The van der Waals surface area contributed by atoms with Gasteiger partial charge in [-0.3, -0.25) is 14.6 Å². The van der Waals surface area contributed by atoms with Gasteiger partial charge in [-0.15, -0.1) is 0 Å². The van der Waals surface area contributed by atoms with Gasteiger partial charge in [0.2, 0.25) is 0 Å². The summed E-state index contributed by atoms with van der Waals surface area (Å²) >= 11 is 0. The molecule has 2 aromatic carbocycles. The first-order valence-corrected chi connectivity index (χ1v) is 10.6. The van der Waals surface area contributed by atoms with Gasteiger partial charge < -0.3 is 14.7 Å². The van der Waals surface area contributed by atoms with E-state index in [0.717, 1.165) is 26.2 Å². The number of aliphatic hydroxyl groups is 1. The summed E-state index contributed by atoms with van der Waals surface area (Å²) in [5.41, 5.74) is 1.57. The van der Waals surface area contributed by atoms with Crippen molar-refractivity contribution in [3.8, 4) is 5.75 Å². The third-order valence-corrected chi connectivity index (χ3v) is 6.42. The zero-order chi connectivity index (χ0) is 21.1. The van der Waals surface area contributed by atoms with Crippen LogP contribution in [0.5, 0.6) is 5.75 Å². The second kappa shape index (κ2) is 8.76. The second-order valence-corrected chi connectivity index (χ2v) is 8.61. The monoisotopic (exact) mass is 409 g/mol. The highest BCUT2D eigenvalue weighted by atomic mass is 16.5. The summed E-state index contributed by atoms with van der Waals surface area (Å²) in [5, 5.41) is 10.2. The molecule has 160 valence electrons. The fourth-order valence-corrected chi connectivity index (χ4v) is 4.94. The molecule has 2 heterocycles. The van der Waals surface area contributed by atoms with Gasteiger partial charge in [0, 0.05) is 45.3 Å². The van der Waals surface area contributed by atoms with Crippen molar-refractivity contribution in [2.75, 3.05) is 46.4 Å². The number of nitrogens with zero attached hydrogens (tertiary/aromatic N) is 3. The van der Waals surface area contributed by atoms with Crippen LogP contribution in [0.1, 0.15) is 22.8 Å². The van der Waals surface area contributed by atoms with Crippen LogP contribution in [0.3, 0.4) is 0 Å². The summed E-state index contributed by atoms with van der Waals surface area (Å²) in [7, 11) is 1.60. The Hall–Kier alpha value is -2.41. The molecule has 2 fully saturated rings. The summed E-state index contributed by atoms with van der Waals surface area (Å²) in [6.07, 6.45) is 0. The van der Waals surface area contributed by atoms with Crippen LogP contribution >= 0.6 is 0 Å². The molecule has 1 amide bonds. The van der Waals surface area contributed by atoms with Gasteiger partial charge in [0.15, 0.2) is 0 Å². The van der Waals surface area contributed by atoms with E-state index in [9.17, 15) is 9.90 Å². The molecule has 6 nitrogen and oxygen atoms in total. The van der Waals surface area contributed by atoms with E-state index in [2.05, 4.69) is 41.0 Å². The minimum atomic E-state index is -0.308. The first kappa shape index (κ1) is 20.8. The van der Waals surface area contributed by atoms with Crippen molar-refractivity contribution in [2.24, 2.45) is 0 Å². The normalized spacial score (nSPS) is 25.0. The highest BCUT2D eigenvalue weighted by Crippen LogP contribution is 2.30. The molecule has 2 aromatic rings. The second-order valence-electron chi connectivity index (χ2n) is 8.61. The Bertz CT molecular complexity index is 875. The SMILES string of the molecule is COc1ccccc1C(=O)N1CCN2C(CN(Cc3ccccc3)CC2(C)CO)C1. The molecule has 2 unspecified atom stereocenters. The van der Waals surface area contributed by atoms with Crippen LogP contribution in [-0.4, -0.2) is 83.7 Å². The van der Waals surface area contributed by atoms with Gasteiger partial charge in [0.1, 0.15) is 5.75 Å². The highest BCUT2D eigenvalue weighted by Gasteiger charge is 2.45. The maximum Gasteiger partial charge on any atom is 0.257 e. The van der Waals surface area contributed by atoms with Crippen LogP contribution < -0.4 is 4.74 Å². The third kappa shape index (κ3) is 4.08. The Morgan fingerprint density at radius 3 is 2.57 bits per heavy atom. The molecule has 4 rings (SSSR count). The standard InChI is InChI=1S/C24H31N3O3/c1-24(18-28)17-25(14-19-8-4-3-5-9-19)15-20-16-26(12-13-27(20)24)23(29)21-10-6-7-11-22(21)30-2/h3-11,20,28H,12-18H2,1-2H3. The third-order valence-electron chi connectivity index (χ3n) is 6.42. The lowest BCUT2D eigenvalue weighted by Crippen LogP contribution is -2.71. The zero-order valence-electron chi connectivity index (χ0n) is 17.8. The van der Waals surface area contributed by atoms with Crippen LogP contribution in [0.2, 0.25) is 0 Å². The Balaban J connectivity index is 1.52. The fraction of sp³-hybridized carbons (Fsp3) is 0.458. The molecule has 1 N–H and O–H groups in total. The average molecular weight is 410 g/mol. The maximum absolute atomic E-state index is 13.2. The van der Waals surface area contributed by atoms with Crippen molar-refractivity contribution < 1.29 is 14.6 Å². The predicted molar refractivity (Wildman–Crippen MR) is 117 cm³/mol. The van der Waals surface area contributed by atoms with E-state index >= 15 is 0 Å². The number of piperazine rings is 2. The van der Waals surface area contributed by atoms with Crippen molar-refractivity contribution in [2.45, 2.75) is 25.0 Å². The number of fused-ring (bicyclic) bond motifs is 1. The molecule has 0 aliphatic carbocycles. The Kier molecular flexibility index (Phi) is 6.09. The number of aliphatic hydroxyl groups excluding tert-OH is 1. The summed E-state index contributed by atoms with van der Waals surface area (Å²) in [6.45, 7) is 6.85. The Morgan fingerprint density at radius 1 is 1.10 bits per heavy atom. The first-order valence-electron chi connectivity index (χ1n) is 10.6. The quantitative estimate of drug-likeness (QED) is 0.820. The summed E-state index contributed by atoms with van der Waals surface area (Å²) < 4.78 is 5.40. The van der Waals surface area contributed by atoms with Gasteiger partial charge in [-0.05, 0) is 24.6 Å². The van der Waals surface area contributed by atoms with Crippen molar-refractivity contribution in [1.82, 2.24) is 14.7 Å². The van der Waals surface area contributed by atoms with E-state index in [0.29, 0.717) is 24.4 Å². The first-order chi connectivity index (χ1) is 14.5. The number of hydrogen-bond donors (Lipinski definition) is 1. The lowest BCUT2D eigenvalue weighted by atomic mass is 9.91. The van der Waals surface area contributed by atoms with Crippen LogP contribution in [0.25, 0.3) is 0 Å². The van der Waals surface area contributed by atoms with Crippen molar-refractivity contribution in [3.05, 3.63) is 65.7 Å². The molecule has 0 bridgehead atoms. The van der Waals surface area contributed by atoms with E-state index in [1.807, 2.05) is 35.2 Å². The molecular weight excluding hydrogens is 378 g/mol. The molecule has 2 atom stereocenters.